The predicted molar refractivity (Wildman–Crippen MR) is 68.2 cm³/mol. The van der Waals surface area contributed by atoms with Crippen LogP contribution >= 0.6 is 0 Å². The van der Waals surface area contributed by atoms with Crippen molar-refractivity contribution in [1.29, 1.82) is 0 Å². The number of nitrogens with zero attached hydrogens (tertiary/aromatic N) is 1. The van der Waals surface area contributed by atoms with Crippen molar-refractivity contribution in [3.8, 4) is 0 Å². The molecule has 0 aliphatic carbocycles. The minimum absolute atomic E-state index is 0.409. The summed E-state index contributed by atoms with van der Waals surface area (Å²) in [5.41, 5.74) is 0. The van der Waals surface area contributed by atoms with E-state index in [1.165, 1.54) is 38.8 Å². The van der Waals surface area contributed by atoms with E-state index in [-0.39, 0.29) is 0 Å². The lowest BCUT2D eigenvalue weighted by molar-refractivity contribution is -0.0480. The number of hydrogen-bond acceptors (Lipinski definition) is 4. The number of fused-ring (bicyclic) bond motifs is 1. The van der Waals surface area contributed by atoms with Gasteiger partial charge in [0.05, 0.1) is 12.7 Å². The molecule has 3 saturated heterocycles. The molecule has 98 valence electrons. The summed E-state index contributed by atoms with van der Waals surface area (Å²) in [7, 11) is 0. The second-order valence-electron chi connectivity index (χ2n) is 5.70. The van der Waals surface area contributed by atoms with E-state index in [2.05, 4.69) is 15.5 Å². The molecule has 0 aromatic rings. The summed E-state index contributed by atoms with van der Waals surface area (Å²) in [5, 5.41) is 7.10. The van der Waals surface area contributed by atoms with Crippen LogP contribution in [0.1, 0.15) is 25.7 Å². The lowest BCUT2D eigenvalue weighted by Gasteiger charge is -2.36. The summed E-state index contributed by atoms with van der Waals surface area (Å²) in [5.74, 6) is 0. The summed E-state index contributed by atoms with van der Waals surface area (Å²) in [6, 6.07) is 1.38. The zero-order chi connectivity index (χ0) is 11.5. The Labute approximate surface area is 104 Å². The van der Waals surface area contributed by atoms with E-state index in [4.69, 9.17) is 4.74 Å². The fraction of sp³-hybridized carbons (Fsp3) is 1.00. The highest BCUT2D eigenvalue weighted by atomic mass is 16.5. The van der Waals surface area contributed by atoms with Gasteiger partial charge in [0.15, 0.2) is 0 Å². The molecule has 0 aromatic carbocycles. The molecule has 3 atom stereocenters. The summed E-state index contributed by atoms with van der Waals surface area (Å²) >= 11 is 0. The standard InChI is InChI=1S/C13H25N3O/c1-3-11(7-14-5-1)15-8-13-9-16-6-2-4-12(16)10-17-13/h11-15H,1-10H2. The highest BCUT2D eigenvalue weighted by Crippen LogP contribution is 2.22. The van der Waals surface area contributed by atoms with Crippen molar-refractivity contribution in [1.82, 2.24) is 15.5 Å². The lowest BCUT2D eigenvalue weighted by atomic mass is 10.1. The molecule has 0 amide bonds. The Bertz CT molecular complexity index is 243. The molecule has 3 aliphatic rings. The van der Waals surface area contributed by atoms with Crippen LogP contribution in [-0.4, -0.2) is 62.4 Å². The second-order valence-corrected chi connectivity index (χ2v) is 5.70. The Hall–Kier alpha value is -0.160. The molecule has 3 heterocycles. The number of rotatable bonds is 3. The average Bonchev–Trinajstić information content (AvgIpc) is 2.85. The van der Waals surface area contributed by atoms with Gasteiger partial charge in [-0.2, -0.15) is 0 Å². The molecule has 4 heteroatoms. The average molecular weight is 239 g/mol. The van der Waals surface area contributed by atoms with Crippen LogP contribution in [0, 0.1) is 0 Å². The minimum atomic E-state index is 0.409. The molecule has 17 heavy (non-hydrogen) atoms. The maximum atomic E-state index is 5.96. The van der Waals surface area contributed by atoms with Crippen LogP contribution in [-0.2, 0) is 4.74 Å². The van der Waals surface area contributed by atoms with E-state index >= 15 is 0 Å². The van der Waals surface area contributed by atoms with Crippen molar-refractivity contribution >= 4 is 0 Å². The first-order valence-corrected chi connectivity index (χ1v) is 7.21. The maximum Gasteiger partial charge on any atom is 0.0827 e. The van der Waals surface area contributed by atoms with Crippen LogP contribution < -0.4 is 10.6 Å². The molecular weight excluding hydrogens is 214 g/mol. The quantitative estimate of drug-likeness (QED) is 0.737. The smallest absolute Gasteiger partial charge is 0.0827 e. The van der Waals surface area contributed by atoms with Crippen LogP contribution in [0.4, 0.5) is 0 Å². The van der Waals surface area contributed by atoms with Gasteiger partial charge in [0.1, 0.15) is 0 Å². The largest absolute Gasteiger partial charge is 0.374 e. The Kier molecular flexibility index (Phi) is 3.96. The third kappa shape index (κ3) is 2.99. The van der Waals surface area contributed by atoms with Gasteiger partial charge in [-0.25, -0.2) is 0 Å². The number of piperidine rings is 1. The molecule has 3 unspecified atom stereocenters. The monoisotopic (exact) mass is 239 g/mol. The van der Waals surface area contributed by atoms with E-state index in [9.17, 15) is 0 Å². The number of nitrogens with one attached hydrogen (secondary N) is 2. The zero-order valence-corrected chi connectivity index (χ0v) is 10.7. The van der Waals surface area contributed by atoms with Crippen LogP contribution in [0.5, 0.6) is 0 Å². The molecule has 3 aliphatic heterocycles. The minimum Gasteiger partial charge on any atom is -0.374 e. The Morgan fingerprint density at radius 1 is 1.29 bits per heavy atom. The summed E-state index contributed by atoms with van der Waals surface area (Å²) in [6.07, 6.45) is 5.72. The van der Waals surface area contributed by atoms with Gasteiger partial charge in [0.2, 0.25) is 0 Å². The summed E-state index contributed by atoms with van der Waals surface area (Å²) in [6.45, 7) is 6.71. The van der Waals surface area contributed by atoms with Gasteiger partial charge in [-0.1, -0.05) is 0 Å². The number of morpholine rings is 1. The molecule has 0 bridgehead atoms. The molecule has 0 radical (unpaired) electrons. The molecule has 4 nitrogen and oxygen atoms in total. The first-order chi connectivity index (χ1) is 8.42. The van der Waals surface area contributed by atoms with Crippen molar-refractivity contribution in [2.45, 2.75) is 43.9 Å². The molecule has 3 rings (SSSR count). The second kappa shape index (κ2) is 5.65. The molecule has 0 spiro atoms. The van der Waals surface area contributed by atoms with Gasteiger partial charge >= 0.3 is 0 Å². The molecule has 0 aromatic heterocycles. The summed E-state index contributed by atoms with van der Waals surface area (Å²) < 4.78 is 5.96. The highest BCUT2D eigenvalue weighted by molar-refractivity contribution is 4.86. The van der Waals surface area contributed by atoms with Gasteiger partial charge in [0.25, 0.3) is 0 Å². The van der Waals surface area contributed by atoms with Gasteiger partial charge in [-0.15, -0.1) is 0 Å². The van der Waals surface area contributed by atoms with Crippen LogP contribution in [0.2, 0.25) is 0 Å². The first-order valence-electron chi connectivity index (χ1n) is 7.21. The normalized spacial score (nSPS) is 39.2. The fourth-order valence-electron chi connectivity index (χ4n) is 3.33. The van der Waals surface area contributed by atoms with Crippen molar-refractivity contribution in [3.05, 3.63) is 0 Å². The highest BCUT2D eigenvalue weighted by Gasteiger charge is 2.32. The van der Waals surface area contributed by atoms with Crippen molar-refractivity contribution < 1.29 is 4.74 Å². The van der Waals surface area contributed by atoms with Gasteiger partial charge in [-0.3, -0.25) is 4.90 Å². The molecular formula is C13H25N3O. The predicted octanol–water partition coefficient (Wildman–Crippen LogP) is 0.191. The Balaban J connectivity index is 1.40. The molecule has 3 fully saturated rings. The van der Waals surface area contributed by atoms with Gasteiger partial charge < -0.3 is 15.4 Å². The first kappa shape index (κ1) is 11.9. The van der Waals surface area contributed by atoms with E-state index in [1.54, 1.807) is 0 Å². The van der Waals surface area contributed by atoms with Gasteiger partial charge in [0, 0.05) is 31.7 Å². The van der Waals surface area contributed by atoms with Gasteiger partial charge in [-0.05, 0) is 38.8 Å². The van der Waals surface area contributed by atoms with Crippen LogP contribution in [0.25, 0.3) is 0 Å². The zero-order valence-electron chi connectivity index (χ0n) is 10.7. The van der Waals surface area contributed by atoms with Crippen LogP contribution in [0.3, 0.4) is 0 Å². The Morgan fingerprint density at radius 2 is 2.29 bits per heavy atom. The van der Waals surface area contributed by atoms with Crippen LogP contribution in [0.15, 0.2) is 0 Å². The van der Waals surface area contributed by atoms with Crippen molar-refractivity contribution in [3.63, 3.8) is 0 Å². The lowest BCUT2D eigenvalue weighted by Crippen LogP contribution is -2.52. The number of hydrogen-bond donors (Lipinski definition) is 2. The van der Waals surface area contributed by atoms with Crippen molar-refractivity contribution in [2.24, 2.45) is 0 Å². The molecule has 0 saturated carbocycles. The summed E-state index contributed by atoms with van der Waals surface area (Å²) in [4.78, 5) is 2.62. The van der Waals surface area contributed by atoms with E-state index in [1.807, 2.05) is 0 Å². The fourth-order valence-corrected chi connectivity index (χ4v) is 3.33. The molecule has 2 N–H and O–H groups in total. The topological polar surface area (TPSA) is 36.5 Å². The Morgan fingerprint density at radius 3 is 3.18 bits per heavy atom. The van der Waals surface area contributed by atoms with E-state index in [0.717, 1.165) is 32.3 Å². The number of ether oxygens (including phenoxy) is 1. The SMILES string of the molecule is C1CNCC(NCC2CN3CCCC3CO2)C1. The van der Waals surface area contributed by atoms with E-state index < -0.39 is 0 Å². The third-order valence-corrected chi connectivity index (χ3v) is 4.39. The van der Waals surface area contributed by atoms with Crippen molar-refractivity contribution in [2.75, 3.05) is 39.3 Å². The maximum absolute atomic E-state index is 5.96. The van der Waals surface area contributed by atoms with E-state index in [0.29, 0.717) is 12.1 Å². The third-order valence-electron chi connectivity index (χ3n) is 4.39.